The van der Waals surface area contributed by atoms with Gasteiger partial charge in [-0.2, -0.15) is 0 Å². The van der Waals surface area contributed by atoms with Crippen molar-refractivity contribution in [3.8, 4) is 5.75 Å². The number of fused-ring (bicyclic) bond motifs is 1. The third-order valence-electron chi connectivity index (χ3n) is 3.43. The molecule has 3 rings (SSSR count). The van der Waals surface area contributed by atoms with Crippen LogP contribution in [-0.4, -0.2) is 29.0 Å². The van der Waals surface area contributed by atoms with Crippen molar-refractivity contribution >= 4 is 28.4 Å². The molecule has 0 radical (unpaired) electrons. The van der Waals surface area contributed by atoms with Crippen molar-refractivity contribution in [3.63, 3.8) is 0 Å². The second kappa shape index (κ2) is 7.48. The lowest BCUT2D eigenvalue weighted by molar-refractivity contribution is -0.114. The number of ether oxygens (including phenoxy) is 1. The summed E-state index contributed by atoms with van der Waals surface area (Å²) in [6, 6.07) is 14.3. The second-order valence-corrected chi connectivity index (χ2v) is 5.42. The van der Waals surface area contributed by atoms with Gasteiger partial charge in [-0.3, -0.25) is 14.6 Å². The Morgan fingerprint density at radius 1 is 1.20 bits per heavy atom. The number of para-hydroxylation sites is 1. The van der Waals surface area contributed by atoms with Crippen LogP contribution in [0.5, 0.6) is 5.75 Å². The highest BCUT2D eigenvalue weighted by Gasteiger charge is 2.03. The summed E-state index contributed by atoms with van der Waals surface area (Å²) in [5.41, 5.74) is 1.13. The van der Waals surface area contributed by atoms with Crippen molar-refractivity contribution in [2.75, 3.05) is 23.8 Å². The summed E-state index contributed by atoms with van der Waals surface area (Å²) in [6.45, 7) is 2.29. The molecule has 0 saturated carbocycles. The van der Waals surface area contributed by atoms with Gasteiger partial charge in [0.15, 0.2) is 0 Å². The Labute approximate surface area is 144 Å². The van der Waals surface area contributed by atoms with Crippen molar-refractivity contribution in [3.05, 3.63) is 58.9 Å². The first kappa shape index (κ1) is 16.5. The summed E-state index contributed by atoms with van der Waals surface area (Å²) >= 11 is 0. The SMILES string of the molecule is CC(=O)Nc1cccc(OCCNc2nc3ccccc3c(=O)[nH]2)c1. The maximum Gasteiger partial charge on any atom is 0.260 e. The van der Waals surface area contributed by atoms with Gasteiger partial charge in [0.1, 0.15) is 12.4 Å². The molecule has 3 N–H and O–H groups in total. The minimum atomic E-state index is -0.183. The molecule has 0 atom stereocenters. The Kier molecular flexibility index (Phi) is 4.94. The van der Waals surface area contributed by atoms with Crippen LogP contribution in [0, 0.1) is 0 Å². The number of nitrogens with zero attached hydrogens (tertiary/aromatic N) is 1. The average Bonchev–Trinajstić information content (AvgIpc) is 2.59. The Hall–Kier alpha value is -3.35. The van der Waals surface area contributed by atoms with Crippen molar-refractivity contribution in [2.24, 2.45) is 0 Å². The van der Waals surface area contributed by atoms with Gasteiger partial charge in [0.25, 0.3) is 5.56 Å². The van der Waals surface area contributed by atoms with Crippen molar-refractivity contribution < 1.29 is 9.53 Å². The van der Waals surface area contributed by atoms with E-state index in [1.54, 1.807) is 36.4 Å². The summed E-state index contributed by atoms with van der Waals surface area (Å²) in [4.78, 5) is 30.1. The number of hydrogen-bond donors (Lipinski definition) is 3. The summed E-state index contributed by atoms with van der Waals surface area (Å²) in [5.74, 6) is 0.914. The van der Waals surface area contributed by atoms with Crippen LogP contribution in [0.1, 0.15) is 6.92 Å². The van der Waals surface area contributed by atoms with Crippen molar-refractivity contribution in [1.82, 2.24) is 9.97 Å². The summed E-state index contributed by atoms with van der Waals surface area (Å²) < 4.78 is 5.63. The zero-order valence-electron chi connectivity index (χ0n) is 13.7. The van der Waals surface area contributed by atoms with Crippen LogP contribution >= 0.6 is 0 Å². The molecule has 0 aliphatic carbocycles. The largest absolute Gasteiger partial charge is 0.492 e. The molecule has 7 nitrogen and oxygen atoms in total. The fourth-order valence-corrected chi connectivity index (χ4v) is 2.38. The fourth-order valence-electron chi connectivity index (χ4n) is 2.38. The van der Waals surface area contributed by atoms with Gasteiger partial charge >= 0.3 is 0 Å². The number of carbonyl (C=O) groups is 1. The molecule has 1 heterocycles. The van der Waals surface area contributed by atoms with E-state index >= 15 is 0 Å². The molecule has 7 heteroatoms. The molecule has 3 aromatic rings. The molecule has 0 aliphatic rings. The lowest BCUT2D eigenvalue weighted by Crippen LogP contribution is -2.17. The number of anilines is 2. The number of amides is 1. The van der Waals surface area contributed by atoms with Crippen LogP contribution in [0.2, 0.25) is 0 Å². The first-order chi connectivity index (χ1) is 12.1. The molecule has 25 heavy (non-hydrogen) atoms. The maximum atomic E-state index is 12.0. The number of rotatable bonds is 6. The normalized spacial score (nSPS) is 10.4. The quantitative estimate of drug-likeness (QED) is 0.600. The molecular weight excluding hydrogens is 320 g/mol. The Morgan fingerprint density at radius 3 is 2.88 bits per heavy atom. The number of H-pyrrole nitrogens is 1. The van der Waals surface area contributed by atoms with Crippen LogP contribution < -0.4 is 20.9 Å². The van der Waals surface area contributed by atoms with E-state index in [4.69, 9.17) is 4.74 Å². The molecule has 2 aromatic carbocycles. The van der Waals surface area contributed by atoms with Gasteiger partial charge in [-0.25, -0.2) is 4.98 Å². The van der Waals surface area contributed by atoms with Gasteiger partial charge in [0.05, 0.1) is 17.4 Å². The number of aromatic nitrogens is 2. The minimum Gasteiger partial charge on any atom is -0.492 e. The van der Waals surface area contributed by atoms with Gasteiger partial charge < -0.3 is 15.4 Å². The van der Waals surface area contributed by atoms with Crippen molar-refractivity contribution in [1.29, 1.82) is 0 Å². The lowest BCUT2D eigenvalue weighted by atomic mass is 10.2. The molecule has 128 valence electrons. The number of carbonyl (C=O) groups excluding carboxylic acids is 1. The molecule has 1 amide bonds. The van der Waals surface area contributed by atoms with Crippen LogP contribution in [0.25, 0.3) is 10.9 Å². The third kappa shape index (κ3) is 4.35. The average molecular weight is 338 g/mol. The fraction of sp³-hybridized carbons (Fsp3) is 0.167. The molecule has 0 fully saturated rings. The minimum absolute atomic E-state index is 0.134. The van der Waals surface area contributed by atoms with E-state index in [9.17, 15) is 9.59 Å². The molecule has 1 aromatic heterocycles. The second-order valence-electron chi connectivity index (χ2n) is 5.42. The van der Waals surface area contributed by atoms with E-state index in [0.29, 0.717) is 41.4 Å². The first-order valence-electron chi connectivity index (χ1n) is 7.85. The molecule has 0 unspecified atom stereocenters. The van der Waals surface area contributed by atoms with Crippen molar-refractivity contribution in [2.45, 2.75) is 6.92 Å². The third-order valence-corrected chi connectivity index (χ3v) is 3.43. The van der Waals surface area contributed by atoms with E-state index in [1.165, 1.54) is 6.92 Å². The Balaban J connectivity index is 1.57. The van der Waals surface area contributed by atoms with Crippen LogP contribution in [0.4, 0.5) is 11.6 Å². The molecular formula is C18H18N4O3. The van der Waals surface area contributed by atoms with Crippen LogP contribution in [0.15, 0.2) is 53.3 Å². The van der Waals surface area contributed by atoms with Crippen LogP contribution in [0.3, 0.4) is 0 Å². The summed E-state index contributed by atoms with van der Waals surface area (Å²) in [6.07, 6.45) is 0. The smallest absolute Gasteiger partial charge is 0.260 e. The number of benzene rings is 2. The highest BCUT2D eigenvalue weighted by molar-refractivity contribution is 5.88. The molecule has 0 saturated heterocycles. The van der Waals surface area contributed by atoms with Gasteiger partial charge in [-0.15, -0.1) is 0 Å². The lowest BCUT2D eigenvalue weighted by Gasteiger charge is -2.10. The van der Waals surface area contributed by atoms with Gasteiger partial charge in [-0.05, 0) is 24.3 Å². The summed E-state index contributed by atoms with van der Waals surface area (Å²) in [5, 5.41) is 6.29. The van der Waals surface area contributed by atoms with E-state index in [0.717, 1.165) is 0 Å². The highest BCUT2D eigenvalue weighted by atomic mass is 16.5. The van der Waals surface area contributed by atoms with Crippen LogP contribution in [-0.2, 0) is 4.79 Å². The zero-order valence-corrected chi connectivity index (χ0v) is 13.7. The standard InChI is InChI=1S/C18H18N4O3/c1-12(23)20-13-5-4-6-14(11-13)25-10-9-19-18-21-16-8-3-2-7-15(16)17(24)22-18/h2-8,11H,9-10H2,1H3,(H,20,23)(H2,19,21,22,24). The zero-order chi connectivity index (χ0) is 17.6. The molecule has 0 spiro atoms. The maximum absolute atomic E-state index is 12.0. The van der Waals surface area contributed by atoms with Gasteiger partial charge in [0, 0.05) is 18.7 Å². The number of nitrogens with one attached hydrogen (secondary N) is 3. The highest BCUT2D eigenvalue weighted by Crippen LogP contribution is 2.17. The van der Waals surface area contributed by atoms with E-state index in [2.05, 4.69) is 20.6 Å². The summed E-state index contributed by atoms with van der Waals surface area (Å²) in [7, 11) is 0. The predicted molar refractivity (Wildman–Crippen MR) is 97.1 cm³/mol. The van der Waals surface area contributed by atoms with Gasteiger partial charge in [-0.1, -0.05) is 18.2 Å². The Morgan fingerprint density at radius 2 is 2.04 bits per heavy atom. The number of hydrogen-bond acceptors (Lipinski definition) is 5. The first-order valence-corrected chi connectivity index (χ1v) is 7.85. The Bertz CT molecular complexity index is 952. The molecule has 0 aliphatic heterocycles. The van der Waals surface area contributed by atoms with E-state index in [-0.39, 0.29) is 11.5 Å². The number of aromatic amines is 1. The van der Waals surface area contributed by atoms with E-state index in [1.807, 2.05) is 12.1 Å². The predicted octanol–water partition coefficient (Wildman–Crippen LogP) is 2.37. The topological polar surface area (TPSA) is 96.1 Å². The van der Waals surface area contributed by atoms with Gasteiger partial charge in [0.2, 0.25) is 11.9 Å². The monoisotopic (exact) mass is 338 g/mol. The van der Waals surface area contributed by atoms with E-state index < -0.39 is 0 Å². The molecule has 0 bridgehead atoms.